The number of nitrogens with one attached hydrogen (secondary N) is 2. The monoisotopic (exact) mass is 311 g/mol. The van der Waals surface area contributed by atoms with E-state index in [1.54, 1.807) is 5.38 Å². The van der Waals surface area contributed by atoms with Crippen LogP contribution in [0.3, 0.4) is 0 Å². The molecule has 6 nitrogen and oxygen atoms in total. The lowest BCUT2D eigenvalue weighted by Crippen LogP contribution is -2.12. The van der Waals surface area contributed by atoms with Crippen LogP contribution in [0.25, 0.3) is 0 Å². The Morgan fingerprint density at radius 3 is 2.80 bits per heavy atom. The number of amides is 1. The van der Waals surface area contributed by atoms with E-state index in [1.807, 2.05) is 6.92 Å². The van der Waals surface area contributed by atoms with Gasteiger partial charge in [-0.15, -0.1) is 21.5 Å². The number of rotatable bonds is 6. The standard InChI is InChI=1S/C12H17N5OS2/c1-7(2)4-5-13-11-14-9(6-19-11)10(18)15-12-17-16-8(3)20-12/h6-7H,4-5H2,1-3H3,(H,13,14)(H,15,17,18). The summed E-state index contributed by atoms with van der Waals surface area (Å²) in [6, 6.07) is 0. The van der Waals surface area contributed by atoms with Crippen LogP contribution >= 0.6 is 22.7 Å². The average Bonchev–Trinajstić information content (AvgIpc) is 2.98. The lowest BCUT2D eigenvalue weighted by molar-refractivity contribution is 0.102. The normalized spacial score (nSPS) is 10.8. The summed E-state index contributed by atoms with van der Waals surface area (Å²) in [6.45, 7) is 7.05. The fourth-order valence-corrected chi connectivity index (χ4v) is 2.74. The van der Waals surface area contributed by atoms with Crippen molar-refractivity contribution >= 4 is 38.8 Å². The Bertz CT molecular complexity index is 578. The number of aromatic nitrogens is 3. The third-order valence-corrected chi connectivity index (χ3v) is 4.04. The Kier molecular flexibility index (Phi) is 5.02. The number of hydrogen-bond acceptors (Lipinski definition) is 7. The molecule has 2 aromatic rings. The van der Waals surface area contributed by atoms with Crippen LogP contribution in [0.15, 0.2) is 5.38 Å². The molecular weight excluding hydrogens is 294 g/mol. The van der Waals surface area contributed by atoms with Crippen LogP contribution in [0.4, 0.5) is 10.3 Å². The molecule has 0 aliphatic carbocycles. The van der Waals surface area contributed by atoms with Crippen molar-refractivity contribution < 1.29 is 4.79 Å². The van der Waals surface area contributed by atoms with Gasteiger partial charge in [-0.3, -0.25) is 10.1 Å². The number of carbonyl (C=O) groups excluding carboxylic acids is 1. The fraction of sp³-hybridized carbons (Fsp3) is 0.500. The third kappa shape index (κ3) is 4.24. The minimum atomic E-state index is -0.255. The van der Waals surface area contributed by atoms with Gasteiger partial charge in [0.15, 0.2) is 5.13 Å². The predicted molar refractivity (Wildman–Crippen MR) is 82.7 cm³/mol. The summed E-state index contributed by atoms with van der Waals surface area (Å²) in [5.41, 5.74) is 0.398. The first-order valence-corrected chi connectivity index (χ1v) is 8.05. The molecule has 0 aromatic carbocycles. The number of thiazole rings is 1. The topological polar surface area (TPSA) is 79.8 Å². The van der Waals surface area contributed by atoms with Crippen molar-refractivity contribution in [2.75, 3.05) is 17.2 Å². The zero-order valence-electron chi connectivity index (χ0n) is 11.6. The van der Waals surface area contributed by atoms with Gasteiger partial charge in [0.25, 0.3) is 5.91 Å². The molecule has 2 rings (SSSR count). The molecule has 0 radical (unpaired) electrons. The highest BCUT2D eigenvalue weighted by atomic mass is 32.1. The maximum atomic E-state index is 12.0. The van der Waals surface area contributed by atoms with E-state index in [-0.39, 0.29) is 5.91 Å². The molecule has 108 valence electrons. The molecule has 0 unspecified atom stereocenters. The second kappa shape index (κ2) is 6.76. The van der Waals surface area contributed by atoms with Crippen molar-refractivity contribution in [1.82, 2.24) is 15.2 Å². The van der Waals surface area contributed by atoms with Crippen LogP contribution in [0.5, 0.6) is 0 Å². The third-order valence-electron chi connectivity index (χ3n) is 2.48. The van der Waals surface area contributed by atoms with Crippen molar-refractivity contribution in [3.63, 3.8) is 0 Å². The van der Waals surface area contributed by atoms with E-state index >= 15 is 0 Å². The van der Waals surface area contributed by atoms with Crippen LogP contribution in [0.1, 0.15) is 35.8 Å². The van der Waals surface area contributed by atoms with Crippen molar-refractivity contribution in [3.8, 4) is 0 Å². The minimum absolute atomic E-state index is 0.255. The van der Waals surface area contributed by atoms with E-state index in [9.17, 15) is 4.79 Å². The fourth-order valence-electron chi connectivity index (χ4n) is 1.44. The molecule has 0 saturated carbocycles. The smallest absolute Gasteiger partial charge is 0.277 e. The number of carbonyl (C=O) groups is 1. The quantitative estimate of drug-likeness (QED) is 0.857. The zero-order valence-corrected chi connectivity index (χ0v) is 13.3. The molecule has 8 heteroatoms. The van der Waals surface area contributed by atoms with Crippen LogP contribution in [0.2, 0.25) is 0 Å². The van der Waals surface area contributed by atoms with Gasteiger partial charge in [-0.1, -0.05) is 25.2 Å². The zero-order chi connectivity index (χ0) is 14.5. The molecule has 0 fully saturated rings. The summed E-state index contributed by atoms with van der Waals surface area (Å²) in [7, 11) is 0. The van der Waals surface area contributed by atoms with Gasteiger partial charge in [0.1, 0.15) is 10.7 Å². The highest BCUT2D eigenvalue weighted by Gasteiger charge is 2.13. The molecule has 0 aliphatic rings. The van der Waals surface area contributed by atoms with Crippen LogP contribution < -0.4 is 10.6 Å². The summed E-state index contributed by atoms with van der Waals surface area (Å²) in [5, 5.41) is 17.4. The summed E-state index contributed by atoms with van der Waals surface area (Å²) in [6.07, 6.45) is 1.07. The lowest BCUT2D eigenvalue weighted by atomic mass is 10.1. The molecule has 0 aliphatic heterocycles. The maximum Gasteiger partial charge on any atom is 0.277 e. The van der Waals surface area contributed by atoms with Crippen LogP contribution in [0, 0.1) is 12.8 Å². The Morgan fingerprint density at radius 2 is 2.15 bits per heavy atom. The van der Waals surface area contributed by atoms with E-state index in [4.69, 9.17) is 0 Å². The van der Waals surface area contributed by atoms with Gasteiger partial charge in [0.2, 0.25) is 5.13 Å². The molecular formula is C12H17N5OS2. The predicted octanol–water partition coefficient (Wildman–Crippen LogP) is 3.01. The van der Waals surface area contributed by atoms with E-state index in [2.05, 4.69) is 39.7 Å². The number of aryl methyl sites for hydroxylation is 1. The van der Waals surface area contributed by atoms with Crippen molar-refractivity contribution in [1.29, 1.82) is 0 Å². The summed E-state index contributed by atoms with van der Waals surface area (Å²) in [4.78, 5) is 16.2. The Labute approximate surface area is 125 Å². The largest absolute Gasteiger partial charge is 0.361 e. The van der Waals surface area contributed by atoms with Crippen molar-refractivity contribution in [2.45, 2.75) is 27.2 Å². The van der Waals surface area contributed by atoms with Gasteiger partial charge in [0, 0.05) is 11.9 Å². The highest BCUT2D eigenvalue weighted by molar-refractivity contribution is 7.15. The average molecular weight is 311 g/mol. The van der Waals surface area contributed by atoms with Crippen molar-refractivity contribution in [2.24, 2.45) is 5.92 Å². The molecule has 2 aromatic heterocycles. The number of anilines is 2. The summed E-state index contributed by atoms with van der Waals surface area (Å²) in [5.74, 6) is 0.389. The minimum Gasteiger partial charge on any atom is -0.361 e. The van der Waals surface area contributed by atoms with Crippen LogP contribution in [-0.2, 0) is 0 Å². The first-order chi connectivity index (χ1) is 9.54. The van der Waals surface area contributed by atoms with Gasteiger partial charge in [-0.25, -0.2) is 4.98 Å². The molecule has 2 N–H and O–H groups in total. The molecule has 0 atom stereocenters. The number of hydrogen-bond donors (Lipinski definition) is 2. The Balaban J connectivity index is 1.89. The molecule has 0 spiro atoms. The molecule has 0 bridgehead atoms. The molecule has 20 heavy (non-hydrogen) atoms. The van der Waals surface area contributed by atoms with E-state index in [0.29, 0.717) is 16.7 Å². The summed E-state index contributed by atoms with van der Waals surface area (Å²) < 4.78 is 0. The first-order valence-electron chi connectivity index (χ1n) is 6.35. The summed E-state index contributed by atoms with van der Waals surface area (Å²) >= 11 is 2.77. The van der Waals surface area contributed by atoms with Gasteiger partial charge >= 0.3 is 0 Å². The Hall–Kier alpha value is -1.54. The lowest BCUT2D eigenvalue weighted by Gasteiger charge is -2.04. The maximum absolute atomic E-state index is 12.0. The van der Waals surface area contributed by atoms with Gasteiger partial charge in [-0.2, -0.15) is 0 Å². The SMILES string of the molecule is Cc1nnc(NC(=O)c2csc(NCCC(C)C)n2)s1. The van der Waals surface area contributed by atoms with E-state index < -0.39 is 0 Å². The van der Waals surface area contributed by atoms with Gasteiger partial charge in [0.05, 0.1) is 0 Å². The second-order valence-corrected chi connectivity index (χ2v) is 6.77. The highest BCUT2D eigenvalue weighted by Crippen LogP contribution is 2.18. The number of nitrogens with zero attached hydrogens (tertiary/aromatic N) is 3. The second-order valence-electron chi connectivity index (χ2n) is 4.73. The molecule has 1 amide bonds. The molecule has 0 saturated heterocycles. The Morgan fingerprint density at radius 1 is 1.35 bits per heavy atom. The molecule has 2 heterocycles. The van der Waals surface area contributed by atoms with Gasteiger partial charge < -0.3 is 5.32 Å². The van der Waals surface area contributed by atoms with Crippen molar-refractivity contribution in [3.05, 3.63) is 16.1 Å². The van der Waals surface area contributed by atoms with E-state index in [1.165, 1.54) is 22.7 Å². The first kappa shape index (κ1) is 14.9. The van der Waals surface area contributed by atoms with Crippen LogP contribution in [-0.4, -0.2) is 27.6 Å². The van der Waals surface area contributed by atoms with Gasteiger partial charge in [-0.05, 0) is 19.3 Å². The van der Waals surface area contributed by atoms with E-state index in [0.717, 1.165) is 23.1 Å².